The first-order valence-electron chi connectivity index (χ1n) is 11.9. The predicted octanol–water partition coefficient (Wildman–Crippen LogP) is 5.41. The summed E-state index contributed by atoms with van der Waals surface area (Å²) in [6, 6.07) is 1.96. The smallest absolute Gasteiger partial charge is 0.339 e. The maximum Gasteiger partial charge on any atom is 0.339 e. The standard InChI is InChI=1S/C26H30O4S/c1-3-30-26(29)21(12(2)14-4-5-31-11-14)24(25(27)28)22-15-9-17-16-6-13-7-19(17)23(22)20(8-13)18(16)10-15/h4-5,11,13,15-20,23H,3,6-10H2,1-2H3,(H,27,28)/b21-12+,24-22-. The lowest BCUT2D eigenvalue weighted by atomic mass is 9.34. The molecule has 0 aromatic carbocycles. The van der Waals surface area contributed by atoms with E-state index >= 15 is 0 Å². The molecule has 0 spiro atoms. The van der Waals surface area contributed by atoms with Crippen molar-refractivity contribution in [2.75, 3.05) is 6.61 Å². The first kappa shape index (κ1) is 19.8. The van der Waals surface area contributed by atoms with Crippen LogP contribution >= 0.6 is 11.3 Å². The minimum absolute atomic E-state index is 0.243. The number of esters is 1. The van der Waals surface area contributed by atoms with E-state index in [0.29, 0.717) is 29.2 Å². The maximum atomic E-state index is 13.2. The largest absolute Gasteiger partial charge is 0.478 e. The van der Waals surface area contributed by atoms with E-state index in [4.69, 9.17) is 4.74 Å². The molecule has 1 aromatic rings. The molecule has 0 saturated heterocycles. The van der Waals surface area contributed by atoms with Gasteiger partial charge in [0.25, 0.3) is 0 Å². The van der Waals surface area contributed by atoms with Crippen molar-refractivity contribution in [1.82, 2.24) is 0 Å². The molecule has 1 heterocycles. The zero-order chi connectivity index (χ0) is 21.4. The van der Waals surface area contributed by atoms with Gasteiger partial charge in [0.2, 0.25) is 0 Å². The molecule has 1 N–H and O–H groups in total. The van der Waals surface area contributed by atoms with Gasteiger partial charge < -0.3 is 9.84 Å². The van der Waals surface area contributed by atoms with Gasteiger partial charge in [-0.25, -0.2) is 9.59 Å². The Labute approximate surface area is 187 Å². The van der Waals surface area contributed by atoms with Crippen molar-refractivity contribution >= 4 is 28.8 Å². The highest BCUT2D eigenvalue weighted by atomic mass is 32.1. The molecular weight excluding hydrogens is 408 g/mol. The van der Waals surface area contributed by atoms with E-state index in [-0.39, 0.29) is 12.2 Å². The molecule has 8 bridgehead atoms. The van der Waals surface area contributed by atoms with Crippen LogP contribution in [0.25, 0.3) is 5.57 Å². The van der Waals surface area contributed by atoms with Crippen LogP contribution in [-0.2, 0) is 14.3 Å². The summed E-state index contributed by atoms with van der Waals surface area (Å²) in [5.41, 5.74) is 3.32. The van der Waals surface area contributed by atoms with Gasteiger partial charge in [-0.2, -0.15) is 11.3 Å². The highest BCUT2D eigenvalue weighted by Crippen LogP contribution is 2.73. The molecule has 7 aliphatic rings. The average molecular weight is 439 g/mol. The van der Waals surface area contributed by atoms with Crippen molar-refractivity contribution in [3.8, 4) is 0 Å². The van der Waals surface area contributed by atoms with Gasteiger partial charge in [-0.3, -0.25) is 0 Å². The van der Waals surface area contributed by atoms with Crippen LogP contribution in [0.2, 0.25) is 0 Å². The van der Waals surface area contributed by atoms with E-state index in [2.05, 4.69) is 0 Å². The van der Waals surface area contributed by atoms with Crippen LogP contribution in [0.1, 0.15) is 51.5 Å². The zero-order valence-corrected chi connectivity index (χ0v) is 19.0. The predicted molar refractivity (Wildman–Crippen MR) is 119 cm³/mol. The van der Waals surface area contributed by atoms with Crippen LogP contribution in [0, 0.1) is 47.3 Å². The second-order valence-corrected chi connectivity index (χ2v) is 11.2. The fourth-order valence-corrected chi connectivity index (χ4v) is 9.40. The number of carboxylic acid groups (broad SMARTS) is 1. The minimum Gasteiger partial charge on any atom is -0.478 e. The molecular formula is C26H30O4S. The molecule has 8 rings (SSSR count). The van der Waals surface area contributed by atoms with E-state index in [0.717, 1.165) is 53.2 Å². The number of rotatable bonds is 5. The molecule has 5 heteroatoms. The Balaban J connectivity index is 1.55. The van der Waals surface area contributed by atoms with Crippen molar-refractivity contribution < 1.29 is 19.4 Å². The molecule has 1 aromatic heterocycles. The van der Waals surface area contributed by atoms with Gasteiger partial charge >= 0.3 is 11.9 Å². The molecule has 4 unspecified atom stereocenters. The Morgan fingerprint density at radius 2 is 1.71 bits per heavy atom. The third-order valence-corrected chi connectivity index (χ3v) is 10.1. The molecule has 0 radical (unpaired) electrons. The van der Waals surface area contributed by atoms with Gasteiger partial charge in [-0.15, -0.1) is 0 Å². The van der Waals surface area contributed by atoms with Crippen LogP contribution < -0.4 is 0 Å². The zero-order valence-electron chi connectivity index (χ0n) is 18.2. The molecule has 7 fully saturated rings. The van der Waals surface area contributed by atoms with Crippen molar-refractivity contribution in [2.45, 2.75) is 46.0 Å². The number of carbonyl (C=O) groups is 2. The minimum atomic E-state index is -0.955. The normalized spacial score (nSPS) is 41.4. The molecule has 0 aliphatic heterocycles. The number of aliphatic carboxylic acids is 1. The second-order valence-electron chi connectivity index (χ2n) is 10.5. The number of thiophene rings is 1. The van der Waals surface area contributed by atoms with Gasteiger partial charge in [0, 0.05) is 0 Å². The quantitative estimate of drug-likeness (QED) is 0.493. The monoisotopic (exact) mass is 438 g/mol. The first-order chi connectivity index (χ1) is 15.0. The van der Waals surface area contributed by atoms with Crippen molar-refractivity contribution in [3.63, 3.8) is 0 Å². The summed E-state index contributed by atoms with van der Waals surface area (Å²) in [5, 5.41) is 14.5. The van der Waals surface area contributed by atoms with Crippen molar-refractivity contribution in [2.24, 2.45) is 47.3 Å². The Morgan fingerprint density at radius 1 is 1.06 bits per heavy atom. The lowest BCUT2D eigenvalue weighted by molar-refractivity contribution is -0.177. The highest BCUT2D eigenvalue weighted by Gasteiger charge is 2.65. The lowest BCUT2D eigenvalue weighted by Crippen LogP contribution is -2.63. The fourth-order valence-electron chi connectivity index (χ4n) is 8.69. The van der Waals surface area contributed by atoms with E-state index < -0.39 is 11.9 Å². The van der Waals surface area contributed by atoms with Crippen LogP contribution in [0.5, 0.6) is 0 Å². The van der Waals surface area contributed by atoms with E-state index in [9.17, 15) is 14.7 Å². The van der Waals surface area contributed by atoms with Crippen LogP contribution in [0.3, 0.4) is 0 Å². The number of carbonyl (C=O) groups excluding carboxylic acids is 1. The maximum absolute atomic E-state index is 13.2. The summed E-state index contributed by atoms with van der Waals surface area (Å²) in [6.45, 7) is 3.90. The summed E-state index contributed by atoms with van der Waals surface area (Å²) in [6.07, 6.45) is 6.20. The summed E-state index contributed by atoms with van der Waals surface area (Å²) in [5.74, 6) is 3.81. The number of hydrogen-bond donors (Lipinski definition) is 1. The Bertz CT molecular complexity index is 979. The third-order valence-electron chi connectivity index (χ3n) is 9.41. The molecule has 164 valence electrons. The third kappa shape index (κ3) is 2.71. The van der Waals surface area contributed by atoms with Crippen molar-refractivity contribution in [3.05, 3.63) is 39.1 Å². The molecule has 31 heavy (non-hydrogen) atoms. The lowest BCUT2D eigenvalue weighted by Gasteiger charge is -2.70. The summed E-state index contributed by atoms with van der Waals surface area (Å²) in [4.78, 5) is 26.0. The summed E-state index contributed by atoms with van der Waals surface area (Å²) >= 11 is 1.56. The number of allylic oxidation sites excluding steroid dienone is 2. The summed E-state index contributed by atoms with van der Waals surface area (Å²) in [7, 11) is 0. The van der Waals surface area contributed by atoms with E-state index in [1.165, 1.54) is 19.3 Å². The summed E-state index contributed by atoms with van der Waals surface area (Å²) < 4.78 is 5.42. The molecule has 4 atom stereocenters. The Morgan fingerprint density at radius 3 is 2.29 bits per heavy atom. The fraction of sp³-hybridized carbons (Fsp3) is 0.615. The van der Waals surface area contributed by atoms with Crippen LogP contribution in [0.15, 0.2) is 33.5 Å². The molecule has 4 nitrogen and oxygen atoms in total. The Hall–Kier alpha value is -1.88. The van der Waals surface area contributed by atoms with Gasteiger partial charge in [-0.1, -0.05) is 0 Å². The van der Waals surface area contributed by atoms with Gasteiger partial charge in [0.05, 0.1) is 17.8 Å². The van der Waals surface area contributed by atoms with Crippen LogP contribution in [-0.4, -0.2) is 23.7 Å². The van der Waals surface area contributed by atoms with Crippen molar-refractivity contribution in [1.29, 1.82) is 0 Å². The Kier molecular flexibility index (Phi) is 4.51. The number of carboxylic acids is 1. The number of ether oxygens (including phenoxy) is 1. The second kappa shape index (κ2) is 7.06. The molecule has 7 aliphatic carbocycles. The van der Waals surface area contributed by atoms with E-state index in [1.807, 2.05) is 23.8 Å². The average Bonchev–Trinajstić information content (AvgIpc) is 3.29. The topological polar surface area (TPSA) is 63.6 Å². The highest BCUT2D eigenvalue weighted by molar-refractivity contribution is 7.08. The van der Waals surface area contributed by atoms with Gasteiger partial charge in [-0.05, 0) is 127 Å². The number of hydrogen-bond acceptors (Lipinski definition) is 4. The molecule has 0 amide bonds. The van der Waals surface area contributed by atoms with Gasteiger partial charge in [0.1, 0.15) is 0 Å². The first-order valence-corrected chi connectivity index (χ1v) is 12.8. The molecule has 7 saturated carbocycles. The van der Waals surface area contributed by atoms with Crippen LogP contribution in [0.4, 0.5) is 0 Å². The van der Waals surface area contributed by atoms with E-state index in [1.54, 1.807) is 18.3 Å². The SMILES string of the molecule is CCOC(=O)C(/C(C(=O)O)=C1\C2CC3C4CC5CC3C1C(C5)C4C2)=C(\C)c1ccsc1. The van der Waals surface area contributed by atoms with Gasteiger partial charge in [0.15, 0.2) is 0 Å².